The van der Waals surface area contributed by atoms with E-state index in [1.54, 1.807) is 4.90 Å². The van der Waals surface area contributed by atoms with Crippen molar-refractivity contribution < 1.29 is 29.2 Å². The summed E-state index contributed by atoms with van der Waals surface area (Å²) < 4.78 is 18.5. The molecule has 1 aromatic rings. The maximum absolute atomic E-state index is 13.1. The lowest BCUT2D eigenvalue weighted by atomic mass is 9.46. The average Bonchev–Trinajstić information content (AvgIpc) is 3.27. The van der Waals surface area contributed by atoms with Gasteiger partial charge in [0.15, 0.2) is 6.29 Å². The number of amides is 1. The van der Waals surface area contributed by atoms with Crippen LogP contribution in [-0.4, -0.2) is 71.9 Å². The number of aliphatic hydroxyl groups excluding tert-OH is 2. The molecular weight excluding hydrogens is 434 g/mol. The molecule has 34 heavy (non-hydrogen) atoms. The van der Waals surface area contributed by atoms with Gasteiger partial charge in [0.1, 0.15) is 12.4 Å². The fourth-order valence-electron chi connectivity index (χ4n) is 7.34. The summed E-state index contributed by atoms with van der Waals surface area (Å²) in [5, 5.41) is 20.9. The summed E-state index contributed by atoms with van der Waals surface area (Å²) in [6.45, 7) is 6.50. The van der Waals surface area contributed by atoms with E-state index in [1.165, 1.54) is 0 Å². The van der Waals surface area contributed by atoms with E-state index in [4.69, 9.17) is 14.2 Å². The van der Waals surface area contributed by atoms with Gasteiger partial charge in [0.2, 0.25) is 5.91 Å². The van der Waals surface area contributed by atoms with E-state index >= 15 is 0 Å². The van der Waals surface area contributed by atoms with E-state index in [1.807, 2.05) is 30.3 Å². The van der Waals surface area contributed by atoms with Gasteiger partial charge in [-0.25, -0.2) is 0 Å². The molecule has 8 atom stereocenters. The van der Waals surface area contributed by atoms with Crippen LogP contribution >= 0.6 is 0 Å². The van der Waals surface area contributed by atoms with Crippen LogP contribution in [0.1, 0.15) is 52.4 Å². The Balaban J connectivity index is 1.26. The van der Waals surface area contributed by atoms with Crippen molar-refractivity contribution in [2.24, 2.45) is 22.7 Å². The van der Waals surface area contributed by atoms with Crippen molar-refractivity contribution in [3.63, 3.8) is 0 Å². The molecule has 0 radical (unpaired) electrons. The fourth-order valence-corrected chi connectivity index (χ4v) is 7.34. The van der Waals surface area contributed by atoms with Crippen LogP contribution < -0.4 is 4.74 Å². The second-order valence-electron chi connectivity index (χ2n) is 11.3. The highest BCUT2D eigenvalue weighted by atomic mass is 16.7. The fraction of sp³-hybridized carbons (Fsp3) is 0.741. The van der Waals surface area contributed by atoms with Gasteiger partial charge in [-0.15, -0.1) is 0 Å². The summed E-state index contributed by atoms with van der Waals surface area (Å²) >= 11 is 0. The summed E-state index contributed by atoms with van der Waals surface area (Å²) in [5.41, 5.74) is -0.321. The van der Waals surface area contributed by atoms with Crippen molar-refractivity contribution in [3.05, 3.63) is 30.3 Å². The molecule has 2 N–H and O–H groups in total. The van der Waals surface area contributed by atoms with E-state index in [0.29, 0.717) is 51.5 Å². The number of carbonyl (C=O) groups is 1. The monoisotopic (exact) mass is 473 g/mol. The smallest absolute Gasteiger partial charge is 0.223 e. The first-order valence-electron chi connectivity index (χ1n) is 12.9. The van der Waals surface area contributed by atoms with Crippen molar-refractivity contribution in [3.8, 4) is 5.75 Å². The van der Waals surface area contributed by atoms with Crippen LogP contribution in [0, 0.1) is 22.7 Å². The Morgan fingerprint density at radius 1 is 1.12 bits per heavy atom. The first kappa shape index (κ1) is 24.0. The summed E-state index contributed by atoms with van der Waals surface area (Å²) in [6, 6.07) is 9.71. The minimum atomic E-state index is -0.477. The Morgan fingerprint density at radius 3 is 2.65 bits per heavy atom. The summed E-state index contributed by atoms with van der Waals surface area (Å²) in [4.78, 5) is 14.8. The third-order valence-electron chi connectivity index (χ3n) is 9.27. The Kier molecular flexibility index (Phi) is 6.66. The van der Waals surface area contributed by atoms with E-state index in [2.05, 4.69) is 13.8 Å². The number of carbonyl (C=O) groups excluding carboxylic acids is 1. The molecule has 0 aromatic heterocycles. The number of hydrogen-bond donors (Lipinski definition) is 2. The van der Waals surface area contributed by atoms with Crippen molar-refractivity contribution in [2.45, 2.75) is 77.0 Å². The summed E-state index contributed by atoms with van der Waals surface area (Å²) in [5.74, 6) is 1.08. The summed E-state index contributed by atoms with van der Waals surface area (Å²) in [7, 11) is 0. The lowest BCUT2D eigenvalue weighted by Gasteiger charge is -2.63. The number of benzene rings is 1. The molecule has 8 unspecified atom stereocenters. The molecule has 188 valence electrons. The maximum Gasteiger partial charge on any atom is 0.223 e. The highest BCUT2D eigenvalue weighted by Gasteiger charge is 2.61. The van der Waals surface area contributed by atoms with Crippen LogP contribution in [0.3, 0.4) is 0 Å². The van der Waals surface area contributed by atoms with Gasteiger partial charge in [0.25, 0.3) is 0 Å². The number of hydrogen-bond acceptors (Lipinski definition) is 6. The molecule has 2 aliphatic heterocycles. The van der Waals surface area contributed by atoms with Crippen molar-refractivity contribution >= 4 is 5.91 Å². The van der Waals surface area contributed by atoms with Gasteiger partial charge in [-0.05, 0) is 61.5 Å². The molecule has 7 heteroatoms. The Hall–Kier alpha value is -1.67. The summed E-state index contributed by atoms with van der Waals surface area (Å²) in [6.07, 6.45) is 3.18. The van der Waals surface area contributed by atoms with Gasteiger partial charge in [0, 0.05) is 24.9 Å². The number of likely N-dealkylation sites (tertiary alicyclic amines) is 1. The van der Waals surface area contributed by atoms with Crippen LogP contribution in [0.4, 0.5) is 0 Å². The van der Waals surface area contributed by atoms with Gasteiger partial charge in [0.05, 0.1) is 24.9 Å². The molecule has 0 spiro atoms. The average molecular weight is 474 g/mol. The van der Waals surface area contributed by atoms with Gasteiger partial charge >= 0.3 is 0 Å². The van der Waals surface area contributed by atoms with Gasteiger partial charge in [-0.3, -0.25) is 4.79 Å². The molecule has 7 nitrogen and oxygen atoms in total. The zero-order valence-corrected chi connectivity index (χ0v) is 20.4. The van der Waals surface area contributed by atoms with Crippen LogP contribution in [0.15, 0.2) is 30.3 Å². The van der Waals surface area contributed by atoms with Crippen LogP contribution in [0.2, 0.25) is 0 Å². The topological polar surface area (TPSA) is 88.5 Å². The van der Waals surface area contributed by atoms with Crippen molar-refractivity contribution in [2.75, 3.05) is 26.3 Å². The highest BCUT2D eigenvalue weighted by molar-refractivity contribution is 5.77. The van der Waals surface area contributed by atoms with Crippen LogP contribution in [0.25, 0.3) is 0 Å². The number of ether oxygens (including phenoxy) is 3. The van der Waals surface area contributed by atoms with E-state index in [-0.39, 0.29) is 28.8 Å². The molecule has 1 aromatic carbocycles. The number of nitrogens with zero attached hydrogens (tertiary/aromatic N) is 1. The standard InChI is InChI=1S/C27H39NO6/c1-26-12-10-23-27(2,17-33-25(34-23)16-32-19-6-4-3-5-7-19)22(26)9-8-21(30)20(26)14-24(31)28-13-11-18(29)15-28/h3-7,18,20-23,25,29-30H,8-17H2,1-2H3. The van der Waals surface area contributed by atoms with E-state index < -0.39 is 18.5 Å². The predicted molar refractivity (Wildman–Crippen MR) is 126 cm³/mol. The molecule has 0 bridgehead atoms. The third kappa shape index (κ3) is 4.36. The first-order valence-corrected chi connectivity index (χ1v) is 12.9. The first-order chi connectivity index (χ1) is 16.3. The molecule has 2 heterocycles. The molecule has 2 saturated carbocycles. The second-order valence-corrected chi connectivity index (χ2v) is 11.3. The number of aliphatic hydroxyl groups is 2. The molecule has 2 saturated heterocycles. The predicted octanol–water partition coefficient (Wildman–Crippen LogP) is 2.98. The Morgan fingerprint density at radius 2 is 1.91 bits per heavy atom. The number of β-amino-alcohol motifs (C(OH)–C–C–N with tert-alkyl or cyclic N) is 1. The quantitative estimate of drug-likeness (QED) is 0.684. The number of rotatable bonds is 5. The van der Waals surface area contributed by atoms with E-state index in [9.17, 15) is 15.0 Å². The van der Waals surface area contributed by atoms with Crippen molar-refractivity contribution in [1.82, 2.24) is 4.90 Å². The zero-order chi connectivity index (χ0) is 23.9. The van der Waals surface area contributed by atoms with Crippen LogP contribution in [-0.2, 0) is 14.3 Å². The van der Waals surface area contributed by atoms with E-state index in [0.717, 1.165) is 25.0 Å². The minimum absolute atomic E-state index is 0.0593. The highest BCUT2D eigenvalue weighted by Crippen LogP contribution is 2.62. The molecule has 5 rings (SSSR count). The Labute approximate surface area is 202 Å². The largest absolute Gasteiger partial charge is 0.488 e. The molecule has 4 fully saturated rings. The van der Waals surface area contributed by atoms with Crippen LogP contribution in [0.5, 0.6) is 5.75 Å². The minimum Gasteiger partial charge on any atom is -0.488 e. The normalized spacial score (nSPS) is 42.1. The molecule has 2 aliphatic carbocycles. The van der Waals surface area contributed by atoms with Crippen molar-refractivity contribution in [1.29, 1.82) is 0 Å². The maximum atomic E-state index is 13.1. The zero-order valence-electron chi connectivity index (χ0n) is 20.4. The third-order valence-corrected chi connectivity index (χ3v) is 9.27. The van der Waals surface area contributed by atoms with Gasteiger partial charge in [-0.2, -0.15) is 0 Å². The van der Waals surface area contributed by atoms with Gasteiger partial charge < -0.3 is 29.3 Å². The SMILES string of the molecule is CC12COC(COc3ccccc3)OC1CCC1(C)C(CC(=O)N3CCC(O)C3)C(O)CCC21. The Bertz CT molecular complexity index is 866. The molecular formula is C27H39NO6. The second kappa shape index (κ2) is 9.41. The number of para-hydroxylation sites is 1. The number of fused-ring (bicyclic) bond motifs is 3. The molecule has 1 amide bonds. The lowest BCUT2D eigenvalue weighted by Crippen LogP contribution is -2.63. The molecule has 4 aliphatic rings. The lowest BCUT2D eigenvalue weighted by molar-refractivity contribution is -0.313. The van der Waals surface area contributed by atoms with Gasteiger partial charge in [-0.1, -0.05) is 32.0 Å².